The minimum Gasteiger partial charge on any atom is -0.376 e. The second-order valence-corrected chi connectivity index (χ2v) is 9.08. The highest BCUT2D eigenvalue weighted by Gasteiger charge is 2.22. The van der Waals surface area contributed by atoms with Gasteiger partial charge in [0.2, 0.25) is 5.95 Å². The molecule has 0 fully saturated rings. The van der Waals surface area contributed by atoms with E-state index in [9.17, 15) is 4.79 Å². The Balaban J connectivity index is 1.57. The van der Waals surface area contributed by atoms with Crippen molar-refractivity contribution in [3.05, 3.63) is 82.7 Å². The van der Waals surface area contributed by atoms with Crippen molar-refractivity contribution >= 4 is 22.6 Å². The summed E-state index contributed by atoms with van der Waals surface area (Å²) in [5, 5.41) is 7.49. The number of hydrogen-bond acceptors (Lipinski definition) is 5. The Bertz CT molecular complexity index is 1360. The fourth-order valence-electron chi connectivity index (χ4n) is 4.48. The summed E-state index contributed by atoms with van der Waals surface area (Å²) < 4.78 is 7.77. The molecule has 3 heterocycles. The van der Waals surface area contributed by atoms with Gasteiger partial charge in [0, 0.05) is 41.2 Å². The number of benzene rings is 2. The van der Waals surface area contributed by atoms with E-state index in [1.165, 1.54) is 5.56 Å². The molecule has 0 saturated carbocycles. The van der Waals surface area contributed by atoms with Crippen LogP contribution in [0.25, 0.3) is 16.9 Å². The van der Waals surface area contributed by atoms with Gasteiger partial charge in [0.15, 0.2) is 0 Å². The van der Waals surface area contributed by atoms with Crippen LogP contribution in [0.3, 0.4) is 0 Å². The van der Waals surface area contributed by atoms with Gasteiger partial charge in [-0.05, 0) is 44.0 Å². The van der Waals surface area contributed by atoms with E-state index in [0.29, 0.717) is 31.3 Å². The van der Waals surface area contributed by atoms with E-state index in [2.05, 4.69) is 29.7 Å². The molecule has 1 amide bonds. The van der Waals surface area contributed by atoms with E-state index < -0.39 is 0 Å². The quantitative estimate of drug-likeness (QED) is 0.401. The average Bonchev–Trinajstić information content (AvgIpc) is 3.23. The molecule has 0 radical (unpaired) electrons. The van der Waals surface area contributed by atoms with Gasteiger partial charge in [-0.2, -0.15) is 4.98 Å². The number of carbonyl (C=O) groups excluding carboxylic acids is 1. The van der Waals surface area contributed by atoms with E-state index in [1.54, 1.807) is 0 Å². The van der Waals surface area contributed by atoms with Crippen LogP contribution in [0, 0.1) is 6.92 Å². The molecule has 0 bridgehead atoms. The summed E-state index contributed by atoms with van der Waals surface area (Å²) in [5.41, 5.74) is 5.75. The summed E-state index contributed by atoms with van der Waals surface area (Å²) in [6.45, 7) is 7.91. The SMILES string of the molecule is CCC(C)NC(=O)c1cccc2c1cc(C)n2-c1nc2c(c(NCc3ccccc3)n1)COCC2. The summed E-state index contributed by atoms with van der Waals surface area (Å²) in [5.74, 6) is 1.34. The lowest BCUT2D eigenvalue weighted by Gasteiger charge is -2.21. The maximum Gasteiger partial charge on any atom is 0.252 e. The largest absolute Gasteiger partial charge is 0.376 e. The van der Waals surface area contributed by atoms with Crippen LogP contribution in [-0.2, 0) is 24.3 Å². The first-order chi connectivity index (χ1) is 17.0. The maximum atomic E-state index is 13.0. The molecule has 0 saturated heterocycles. The van der Waals surface area contributed by atoms with E-state index >= 15 is 0 Å². The van der Waals surface area contributed by atoms with Crippen molar-refractivity contribution in [2.75, 3.05) is 11.9 Å². The van der Waals surface area contributed by atoms with Crippen molar-refractivity contribution in [3.8, 4) is 5.95 Å². The summed E-state index contributed by atoms with van der Waals surface area (Å²) in [6.07, 6.45) is 1.62. The lowest BCUT2D eigenvalue weighted by atomic mass is 10.1. The molecule has 1 aliphatic rings. The number of nitrogens with zero attached hydrogens (tertiary/aromatic N) is 3. The minimum atomic E-state index is -0.0594. The number of amides is 1. The van der Waals surface area contributed by atoms with Crippen molar-refractivity contribution in [2.45, 2.75) is 52.8 Å². The summed E-state index contributed by atoms with van der Waals surface area (Å²) in [7, 11) is 0. The van der Waals surface area contributed by atoms with Crippen LogP contribution < -0.4 is 10.6 Å². The molecule has 0 spiro atoms. The first-order valence-corrected chi connectivity index (χ1v) is 12.2. The molecule has 4 aromatic rings. The second-order valence-electron chi connectivity index (χ2n) is 9.08. The number of fused-ring (bicyclic) bond motifs is 2. The Hall–Kier alpha value is -3.71. The maximum absolute atomic E-state index is 13.0. The van der Waals surface area contributed by atoms with Crippen LogP contribution >= 0.6 is 0 Å². The standard InChI is InChI=1S/C28H31N5O2/c1-4-18(2)30-27(34)21-11-8-12-25-22(21)15-19(3)33(25)28-31-24-13-14-35-17-23(24)26(32-28)29-16-20-9-6-5-7-10-20/h5-12,15,18H,4,13-14,16-17H2,1-3H3,(H,30,34)(H,29,31,32). The third-order valence-corrected chi connectivity index (χ3v) is 6.58. The Morgan fingerprint density at radius 1 is 1.14 bits per heavy atom. The van der Waals surface area contributed by atoms with E-state index in [0.717, 1.165) is 46.5 Å². The number of aryl methyl sites for hydroxylation is 1. The number of aromatic nitrogens is 3. The predicted octanol–water partition coefficient (Wildman–Crippen LogP) is 4.94. The van der Waals surface area contributed by atoms with Gasteiger partial charge in [-0.1, -0.05) is 43.3 Å². The number of carbonyl (C=O) groups is 1. The molecule has 2 aromatic carbocycles. The van der Waals surface area contributed by atoms with Gasteiger partial charge in [-0.3, -0.25) is 9.36 Å². The lowest BCUT2D eigenvalue weighted by Crippen LogP contribution is -2.31. The molecule has 180 valence electrons. The molecular weight excluding hydrogens is 438 g/mol. The van der Waals surface area contributed by atoms with Gasteiger partial charge < -0.3 is 15.4 Å². The van der Waals surface area contributed by atoms with Crippen molar-refractivity contribution < 1.29 is 9.53 Å². The van der Waals surface area contributed by atoms with Gasteiger partial charge in [-0.15, -0.1) is 0 Å². The Labute approximate surface area is 205 Å². The van der Waals surface area contributed by atoms with Crippen molar-refractivity contribution in [3.63, 3.8) is 0 Å². The number of ether oxygens (including phenoxy) is 1. The third kappa shape index (κ3) is 4.64. The minimum absolute atomic E-state index is 0.0594. The third-order valence-electron chi connectivity index (χ3n) is 6.58. The van der Waals surface area contributed by atoms with Crippen LogP contribution in [0.1, 0.15) is 53.1 Å². The smallest absolute Gasteiger partial charge is 0.252 e. The molecule has 1 unspecified atom stereocenters. The molecule has 5 rings (SSSR count). The van der Waals surface area contributed by atoms with Crippen molar-refractivity contribution in [2.24, 2.45) is 0 Å². The molecule has 1 atom stereocenters. The zero-order chi connectivity index (χ0) is 24.4. The zero-order valence-corrected chi connectivity index (χ0v) is 20.5. The zero-order valence-electron chi connectivity index (χ0n) is 20.5. The van der Waals surface area contributed by atoms with Crippen molar-refractivity contribution in [1.29, 1.82) is 0 Å². The molecule has 7 nitrogen and oxygen atoms in total. The van der Waals surface area contributed by atoms with Crippen LogP contribution in [0.4, 0.5) is 5.82 Å². The number of anilines is 1. The average molecular weight is 470 g/mol. The molecule has 1 aliphatic heterocycles. The highest BCUT2D eigenvalue weighted by molar-refractivity contribution is 6.07. The van der Waals surface area contributed by atoms with Crippen LogP contribution in [0.15, 0.2) is 54.6 Å². The molecule has 2 aromatic heterocycles. The molecule has 7 heteroatoms. The monoisotopic (exact) mass is 469 g/mol. The van der Waals surface area contributed by atoms with Gasteiger partial charge in [0.1, 0.15) is 5.82 Å². The van der Waals surface area contributed by atoms with Crippen LogP contribution in [-0.4, -0.2) is 33.1 Å². The topological polar surface area (TPSA) is 81.1 Å². The molecule has 2 N–H and O–H groups in total. The highest BCUT2D eigenvalue weighted by Crippen LogP contribution is 2.29. The van der Waals surface area contributed by atoms with E-state index in [-0.39, 0.29) is 11.9 Å². The summed E-state index contributed by atoms with van der Waals surface area (Å²) >= 11 is 0. The molecule has 35 heavy (non-hydrogen) atoms. The fourth-order valence-corrected chi connectivity index (χ4v) is 4.48. The summed E-state index contributed by atoms with van der Waals surface area (Å²) in [4.78, 5) is 22.9. The predicted molar refractivity (Wildman–Crippen MR) is 138 cm³/mol. The Morgan fingerprint density at radius 3 is 2.77 bits per heavy atom. The lowest BCUT2D eigenvalue weighted by molar-refractivity contribution is 0.0941. The first kappa shape index (κ1) is 23.1. The normalized spacial score (nSPS) is 13.9. The molecule has 0 aliphatic carbocycles. The first-order valence-electron chi connectivity index (χ1n) is 12.2. The van der Waals surface area contributed by atoms with Crippen LogP contribution in [0.2, 0.25) is 0 Å². The van der Waals surface area contributed by atoms with Crippen molar-refractivity contribution in [1.82, 2.24) is 19.9 Å². The number of hydrogen-bond donors (Lipinski definition) is 2. The number of rotatable bonds is 7. The van der Waals surface area contributed by atoms with Gasteiger partial charge in [-0.25, -0.2) is 4.98 Å². The Kier molecular flexibility index (Phi) is 6.51. The Morgan fingerprint density at radius 2 is 1.97 bits per heavy atom. The van der Waals surface area contributed by atoms with E-state index in [1.807, 2.05) is 60.9 Å². The number of nitrogens with one attached hydrogen (secondary N) is 2. The van der Waals surface area contributed by atoms with Gasteiger partial charge in [0.05, 0.1) is 24.4 Å². The van der Waals surface area contributed by atoms with Gasteiger partial charge in [0.25, 0.3) is 5.91 Å². The summed E-state index contributed by atoms with van der Waals surface area (Å²) in [6, 6.07) is 18.2. The van der Waals surface area contributed by atoms with Crippen LogP contribution in [0.5, 0.6) is 0 Å². The molecular formula is C28H31N5O2. The fraction of sp³-hybridized carbons (Fsp3) is 0.321. The highest BCUT2D eigenvalue weighted by atomic mass is 16.5. The van der Waals surface area contributed by atoms with E-state index in [4.69, 9.17) is 14.7 Å². The second kappa shape index (κ2) is 9.88. The van der Waals surface area contributed by atoms with Gasteiger partial charge >= 0.3 is 0 Å².